The zero-order chi connectivity index (χ0) is 16.0. The minimum atomic E-state index is -0.433. The van der Waals surface area contributed by atoms with E-state index in [1.807, 2.05) is 11.5 Å². The molecule has 0 spiro atoms. The number of carbonyl (C=O) groups excluding carboxylic acids is 1. The molecule has 0 radical (unpaired) electrons. The molecular formula is C16H27N3O2. The van der Waals surface area contributed by atoms with Gasteiger partial charge in [0.15, 0.2) is 5.69 Å². The molecule has 0 aliphatic heterocycles. The number of ether oxygens (including phenoxy) is 1. The maximum absolute atomic E-state index is 11.9. The molecule has 1 aromatic rings. The van der Waals surface area contributed by atoms with Gasteiger partial charge in [0, 0.05) is 13.0 Å². The number of hydrogen-bond donors (Lipinski definition) is 1. The quantitative estimate of drug-likeness (QED) is 0.847. The van der Waals surface area contributed by atoms with Crippen LogP contribution in [-0.4, -0.2) is 22.1 Å². The molecule has 1 aliphatic carbocycles. The fraction of sp³-hybridized carbons (Fsp3) is 0.750. The van der Waals surface area contributed by atoms with Gasteiger partial charge in [-0.2, -0.15) is 0 Å². The maximum atomic E-state index is 11.9. The van der Waals surface area contributed by atoms with Crippen molar-refractivity contribution in [1.29, 1.82) is 0 Å². The largest absolute Gasteiger partial charge is 0.461 e. The summed E-state index contributed by atoms with van der Waals surface area (Å²) < 4.78 is 7.02. The summed E-state index contributed by atoms with van der Waals surface area (Å²) in [6.45, 7) is 14.1. The molecule has 0 atom stereocenters. The van der Waals surface area contributed by atoms with Crippen LogP contribution in [0.2, 0.25) is 0 Å². The summed E-state index contributed by atoms with van der Waals surface area (Å²) in [5.74, 6) is 1.39. The highest BCUT2D eigenvalue weighted by atomic mass is 16.5. The highest BCUT2D eigenvalue weighted by Gasteiger charge is 2.64. The van der Waals surface area contributed by atoms with E-state index in [9.17, 15) is 4.79 Å². The second-order valence-corrected chi connectivity index (χ2v) is 6.94. The molecule has 21 heavy (non-hydrogen) atoms. The Morgan fingerprint density at radius 3 is 2.29 bits per heavy atom. The smallest absolute Gasteiger partial charge is 0.360 e. The molecule has 2 N–H and O–H groups in total. The van der Waals surface area contributed by atoms with Crippen molar-refractivity contribution in [2.45, 2.75) is 54.5 Å². The first-order valence-corrected chi connectivity index (χ1v) is 7.70. The standard InChI is InChI=1S/C16H27N3O2/c1-7-11-18-12(14(20)21-8-2)13(17)19(11)9-10-15(3,4)16(10,5)6/h10H,7-9,17H2,1-6H3. The Labute approximate surface area is 126 Å². The SMILES string of the molecule is CCOC(=O)c1nc(CC)n(CC2C(C)(C)C2(C)C)c1N. The van der Waals surface area contributed by atoms with E-state index in [1.165, 1.54) is 0 Å². The van der Waals surface area contributed by atoms with E-state index < -0.39 is 5.97 Å². The van der Waals surface area contributed by atoms with Gasteiger partial charge < -0.3 is 15.0 Å². The summed E-state index contributed by atoms with van der Waals surface area (Å²) in [4.78, 5) is 16.3. The molecule has 5 nitrogen and oxygen atoms in total. The summed E-state index contributed by atoms with van der Waals surface area (Å²) in [6, 6.07) is 0. The molecule has 0 saturated heterocycles. The molecule has 0 amide bonds. The fourth-order valence-corrected chi connectivity index (χ4v) is 3.31. The lowest BCUT2D eigenvalue weighted by atomic mass is 10.0. The van der Waals surface area contributed by atoms with Crippen LogP contribution in [0.3, 0.4) is 0 Å². The van der Waals surface area contributed by atoms with E-state index >= 15 is 0 Å². The Morgan fingerprint density at radius 1 is 1.29 bits per heavy atom. The van der Waals surface area contributed by atoms with Crippen LogP contribution in [0, 0.1) is 16.7 Å². The molecule has 1 aromatic heterocycles. The van der Waals surface area contributed by atoms with E-state index in [0.29, 0.717) is 18.3 Å². The summed E-state index contributed by atoms with van der Waals surface area (Å²) in [5.41, 5.74) is 6.97. The Morgan fingerprint density at radius 2 is 1.86 bits per heavy atom. The number of esters is 1. The zero-order valence-electron chi connectivity index (χ0n) is 14.0. The van der Waals surface area contributed by atoms with Gasteiger partial charge in [0.1, 0.15) is 11.6 Å². The molecule has 5 heteroatoms. The van der Waals surface area contributed by atoms with Crippen LogP contribution in [0.25, 0.3) is 0 Å². The van der Waals surface area contributed by atoms with E-state index in [2.05, 4.69) is 32.7 Å². The number of nitrogens with zero attached hydrogens (tertiary/aromatic N) is 2. The number of nitrogens with two attached hydrogens (primary N) is 1. The number of carbonyl (C=O) groups is 1. The lowest BCUT2D eigenvalue weighted by Crippen LogP contribution is -2.12. The van der Waals surface area contributed by atoms with E-state index in [0.717, 1.165) is 18.8 Å². The average Bonchev–Trinajstić information content (AvgIpc) is 2.69. The first-order chi connectivity index (χ1) is 9.68. The van der Waals surface area contributed by atoms with Crippen LogP contribution in [0.5, 0.6) is 0 Å². The van der Waals surface area contributed by atoms with Crippen molar-refractivity contribution in [2.24, 2.45) is 16.7 Å². The average molecular weight is 293 g/mol. The molecule has 0 bridgehead atoms. The fourth-order valence-electron chi connectivity index (χ4n) is 3.31. The topological polar surface area (TPSA) is 70.1 Å². The third-order valence-electron chi connectivity index (χ3n) is 5.56. The molecule has 0 unspecified atom stereocenters. The summed E-state index contributed by atoms with van der Waals surface area (Å²) >= 11 is 0. The van der Waals surface area contributed by atoms with Gasteiger partial charge in [0.05, 0.1) is 6.61 Å². The van der Waals surface area contributed by atoms with Crippen LogP contribution in [0.4, 0.5) is 5.82 Å². The minimum Gasteiger partial charge on any atom is -0.461 e. The Kier molecular flexibility index (Phi) is 3.80. The molecule has 1 heterocycles. The second-order valence-electron chi connectivity index (χ2n) is 6.94. The number of aromatic nitrogens is 2. The van der Waals surface area contributed by atoms with Gasteiger partial charge in [-0.3, -0.25) is 0 Å². The molecule has 2 rings (SSSR count). The lowest BCUT2D eigenvalue weighted by molar-refractivity contribution is 0.0521. The van der Waals surface area contributed by atoms with Crippen molar-refractivity contribution >= 4 is 11.8 Å². The van der Waals surface area contributed by atoms with Crippen molar-refractivity contribution in [3.8, 4) is 0 Å². The van der Waals surface area contributed by atoms with Gasteiger partial charge >= 0.3 is 5.97 Å². The molecule has 0 aromatic carbocycles. The monoisotopic (exact) mass is 293 g/mol. The molecule has 1 fully saturated rings. The van der Waals surface area contributed by atoms with Gasteiger partial charge in [-0.1, -0.05) is 34.6 Å². The minimum absolute atomic E-state index is 0.255. The third kappa shape index (κ3) is 2.32. The second kappa shape index (κ2) is 5.04. The van der Waals surface area contributed by atoms with Crippen LogP contribution in [-0.2, 0) is 17.7 Å². The number of nitrogen functional groups attached to an aromatic ring is 1. The van der Waals surface area contributed by atoms with Gasteiger partial charge in [-0.05, 0) is 23.7 Å². The van der Waals surface area contributed by atoms with Crippen molar-refractivity contribution in [3.05, 3.63) is 11.5 Å². The summed E-state index contributed by atoms with van der Waals surface area (Å²) in [7, 11) is 0. The molecular weight excluding hydrogens is 266 g/mol. The van der Waals surface area contributed by atoms with Crippen LogP contribution in [0.15, 0.2) is 0 Å². The van der Waals surface area contributed by atoms with Crippen molar-refractivity contribution in [1.82, 2.24) is 9.55 Å². The van der Waals surface area contributed by atoms with Crippen molar-refractivity contribution < 1.29 is 9.53 Å². The van der Waals surface area contributed by atoms with E-state index in [-0.39, 0.29) is 16.5 Å². The normalized spacial score (nSPS) is 19.5. The van der Waals surface area contributed by atoms with Gasteiger partial charge in [-0.25, -0.2) is 9.78 Å². The summed E-state index contributed by atoms with van der Waals surface area (Å²) in [5, 5.41) is 0. The summed E-state index contributed by atoms with van der Waals surface area (Å²) in [6.07, 6.45) is 0.747. The Bertz CT molecular complexity index is 544. The van der Waals surface area contributed by atoms with E-state index in [1.54, 1.807) is 6.92 Å². The van der Waals surface area contributed by atoms with Gasteiger partial charge in [0.25, 0.3) is 0 Å². The van der Waals surface area contributed by atoms with Crippen LogP contribution in [0.1, 0.15) is 57.9 Å². The van der Waals surface area contributed by atoms with Gasteiger partial charge in [-0.15, -0.1) is 0 Å². The number of aryl methyl sites for hydroxylation is 1. The number of anilines is 1. The lowest BCUT2D eigenvalue weighted by Gasteiger charge is -2.10. The first kappa shape index (κ1) is 15.9. The Hall–Kier alpha value is -1.52. The van der Waals surface area contributed by atoms with Crippen LogP contribution < -0.4 is 5.73 Å². The Balaban J connectivity index is 2.30. The molecule has 118 valence electrons. The highest BCUT2D eigenvalue weighted by molar-refractivity contribution is 5.92. The predicted octanol–water partition coefficient (Wildman–Crippen LogP) is 2.89. The number of hydrogen-bond acceptors (Lipinski definition) is 4. The first-order valence-electron chi connectivity index (χ1n) is 7.70. The van der Waals surface area contributed by atoms with Crippen LogP contribution >= 0.6 is 0 Å². The number of rotatable bonds is 5. The van der Waals surface area contributed by atoms with Crippen molar-refractivity contribution in [2.75, 3.05) is 12.3 Å². The zero-order valence-corrected chi connectivity index (χ0v) is 14.0. The van der Waals surface area contributed by atoms with E-state index in [4.69, 9.17) is 10.5 Å². The highest BCUT2D eigenvalue weighted by Crippen LogP contribution is 2.69. The maximum Gasteiger partial charge on any atom is 0.360 e. The molecule has 1 aliphatic rings. The molecule has 1 saturated carbocycles. The third-order valence-corrected chi connectivity index (χ3v) is 5.56. The predicted molar refractivity (Wildman–Crippen MR) is 83.0 cm³/mol. The number of imidazole rings is 1. The van der Waals surface area contributed by atoms with Crippen molar-refractivity contribution in [3.63, 3.8) is 0 Å². The van der Waals surface area contributed by atoms with Gasteiger partial charge in [0.2, 0.25) is 0 Å².